The van der Waals surface area contributed by atoms with Crippen molar-refractivity contribution in [1.29, 1.82) is 0 Å². The highest BCUT2D eigenvalue weighted by Crippen LogP contribution is 2.18. The first-order chi connectivity index (χ1) is 14.5. The third-order valence-corrected chi connectivity index (χ3v) is 7.18. The number of thioether (sulfide) groups is 1. The average molecular weight is 447 g/mol. The van der Waals surface area contributed by atoms with E-state index >= 15 is 0 Å². The molecule has 0 aliphatic carbocycles. The van der Waals surface area contributed by atoms with Crippen LogP contribution in [-0.4, -0.2) is 64.4 Å². The summed E-state index contributed by atoms with van der Waals surface area (Å²) < 4.78 is 28.8. The number of carbonyl (C=O) groups is 1. The number of rotatable bonds is 8. The zero-order chi connectivity index (χ0) is 21.0. The van der Waals surface area contributed by atoms with Crippen LogP contribution in [0.2, 0.25) is 0 Å². The lowest BCUT2D eigenvalue weighted by Gasteiger charge is -2.14. The van der Waals surface area contributed by atoms with E-state index in [0.29, 0.717) is 28.7 Å². The standard InChI is InChI=1S/C19H22N6O3S2/c26-19(24-12-4-5-13-24)14-29-18-9-8-16-21-22-17(25(16)23-18)10-11-20-30(27,28)15-6-2-1-3-7-15/h1-3,6-9,20H,4-5,10-14H2. The molecule has 1 saturated heterocycles. The van der Waals surface area contributed by atoms with Crippen molar-refractivity contribution < 1.29 is 13.2 Å². The first kappa shape index (κ1) is 20.8. The van der Waals surface area contributed by atoms with Gasteiger partial charge in [-0.1, -0.05) is 30.0 Å². The first-order valence-electron chi connectivity index (χ1n) is 9.69. The minimum absolute atomic E-state index is 0.124. The van der Waals surface area contributed by atoms with Crippen LogP contribution in [0.1, 0.15) is 18.7 Å². The van der Waals surface area contributed by atoms with E-state index in [-0.39, 0.29) is 17.3 Å². The third kappa shape index (κ3) is 4.79. The van der Waals surface area contributed by atoms with Gasteiger partial charge in [0.2, 0.25) is 15.9 Å². The molecular formula is C19H22N6O3S2. The normalized spacial score (nSPS) is 14.5. The molecule has 30 heavy (non-hydrogen) atoms. The Labute approximate surface area is 178 Å². The molecule has 3 heterocycles. The molecule has 2 aromatic heterocycles. The molecule has 11 heteroatoms. The van der Waals surface area contributed by atoms with E-state index in [1.807, 2.05) is 11.0 Å². The molecule has 1 aliphatic heterocycles. The smallest absolute Gasteiger partial charge is 0.240 e. The predicted octanol–water partition coefficient (Wildman–Crippen LogP) is 1.36. The fourth-order valence-corrected chi connectivity index (χ4v) is 5.03. The molecule has 0 saturated carbocycles. The summed E-state index contributed by atoms with van der Waals surface area (Å²) in [5.41, 5.74) is 0.575. The number of nitrogens with one attached hydrogen (secondary N) is 1. The number of likely N-dealkylation sites (tertiary alicyclic amines) is 1. The topological polar surface area (TPSA) is 110 Å². The average Bonchev–Trinajstić information content (AvgIpc) is 3.43. The maximum Gasteiger partial charge on any atom is 0.240 e. The van der Waals surface area contributed by atoms with Crippen LogP contribution in [0.25, 0.3) is 5.65 Å². The molecule has 158 valence electrons. The second-order valence-electron chi connectivity index (χ2n) is 6.90. The van der Waals surface area contributed by atoms with Gasteiger partial charge < -0.3 is 4.90 Å². The quantitative estimate of drug-likeness (QED) is 0.520. The minimum Gasteiger partial charge on any atom is -0.342 e. The molecule has 4 rings (SSSR count). The van der Waals surface area contributed by atoms with Crippen LogP contribution in [-0.2, 0) is 21.2 Å². The van der Waals surface area contributed by atoms with Crippen LogP contribution in [0.5, 0.6) is 0 Å². The van der Waals surface area contributed by atoms with Gasteiger partial charge in [0.25, 0.3) is 0 Å². The number of sulfonamides is 1. The van der Waals surface area contributed by atoms with Gasteiger partial charge in [-0.3, -0.25) is 4.79 Å². The Kier molecular flexibility index (Phi) is 6.30. The summed E-state index contributed by atoms with van der Waals surface area (Å²) >= 11 is 1.38. The van der Waals surface area contributed by atoms with E-state index in [9.17, 15) is 13.2 Å². The summed E-state index contributed by atoms with van der Waals surface area (Å²) in [6.45, 7) is 1.84. The Morgan fingerprint density at radius 3 is 2.60 bits per heavy atom. The number of nitrogens with zero attached hydrogens (tertiary/aromatic N) is 5. The lowest BCUT2D eigenvalue weighted by molar-refractivity contribution is -0.127. The lowest BCUT2D eigenvalue weighted by atomic mass is 10.4. The van der Waals surface area contributed by atoms with Crippen molar-refractivity contribution in [2.45, 2.75) is 29.2 Å². The summed E-state index contributed by atoms with van der Waals surface area (Å²) in [7, 11) is -3.58. The zero-order valence-electron chi connectivity index (χ0n) is 16.3. The summed E-state index contributed by atoms with van der Waals surface area (Å²) in [5, 5.41) is 13.4. The van der Waals surface area contributed by atoms with E-state index in [0.717, 1.165) is 25.9 Å². The van der Waals surface area contributed by atoms with Crippen molar-refractivity contribution in [2.24, 2.45) is 0 Å². The van der Waals surface area contributed by atoms with Gasteiger partial charge in [0, 0.05) is 26.1 Å². The summed E-state index contributed by atoms with van der Waals surface area (Å²) in [6.07, 6.45) is 2.47. The van der Waals surface area contributed by atoms with Gasteiger partial charge in [0.1, 0.15) is 5.03 Å². The lowest BCUT2D eigenvalue weighted by Crippen LogP contribution is -2.29. The Bertz CT molecular complexity index is 1130. The number of hydrogen-bond acceptors (Lipinski definition) is 7. The van der Waals surface area contributed by atoms with Gasteiger partial charge in [-0.15, -0.1) is 10.2 Å². The maximum atomic E-state index is 12.3. The Hall–Kier alpha value is -2.50. The van der Waals surface area contributed by atoms with Crippen LogP contribution in [0.15, 0.2) is 52.4 Å². The molecular weight excluding hydrogens is 424 g/mol. The van der Waals surface area contributed by atoms with E-state index < -0.39 is 10.0 Å². The molecule has 0 radical (unpaired) electrons. The largest absolute Gasteiger partial charge is 0.342 e. The molecule has 0 unspecified atom stereocenters. The van der Waals surface area contributed by atoms with Gasteiger partial charge in [-0.2, -0.15) is 9.61 Å². The van der Waals surface area contributed by atoms with Gasteiger partial charge in [0.15, 0.2) is 11.5 Å². The van der Waals surface area contributed by atoms with Gasteiger partial charge in [-0.05, 0) is 37.1 Å². The predicted molar refractivity (Wildman–Crippen MR) is 113 cm³/mol. The highest BCUT2D eigenvalue weighted by atomic mass is 32.2. The summed E-state index contributed by atoms with van der Waals surface area (Å²) in [5.74, 6) is 1.01. The van der Waals surface area contributed by atoms with Gasteiger partial charge in [-0.25, -0.2) is 13.1 Å². The fraction of sp³-hybridized carbons (Fsp3) is 0.368. The molecule has 1 aromatic carbocycles. The second kappa shape index (κ2) is 9.11. The van der Waals surface area contributed by atoms with Crippen molar-refractivity contribution in [1.82, 2.24) is 29.4 Å². The highest BCUT2D eigenvalue weighted by molar-refractivity contribution is 7.99. The van der Waals surface area contributed by atoms with Crippen molar-refractivity contribution in [3.63, 3.8) is 0 Å². The molecule has 0 spiro atoms. The SMILES string of the molecule is O=C(CSc1ccc2nnc(CCNS(=O)(=O)c3ccccc3)n2n1)N1CCCC1. The Morgan fingerprint density at radius 1 is 1.07 bits per heavy atom. The first-order valence-corrected chi connectivity index (χ1v) is 12.2. The van der Waals surface area contributed by atoms with Crippen LogP contribution in [0.3, 0.4) is 0 Å². The maximum absolute atomic E-state index is 12.3. The van der Waals surface area contributed by atoms with Crippen molar-refractivity contribution in [2.75, 3.05) is 25.4 Å². The van der Waals surface area contributed by atoms with E-state index in [1.54, 1.807) is 40.9 Å². The minimum atomic E-state index is -3.58. The Morgan fingerprint density at radius 2 is 1.83 bits per heavy atom. The van der Waals surface area contributed by atoms with Crippen LogP contribution in [0, 0.1) is 0 Å². The van der Waals surface area contributed by atoms with Crippen molar-refractivity contribution >= 4 is 33.3 Å². The molecule has 1 N–H and O–H groups in total. The van der Waals surface area contributed by atoms with Gasteiger partial charge >= 0.3 is 0 Å². The highest BCUT2D eigenvalue weighted by Gasteiger charge is 2.18. The van der Waals surface area contributed by atoms with Crippen LogP contribution < -0.4 is 4.72 Å². The van der Waals surface area contributed by atoms with E-state index in [4.69, 9.17) is 0 Å². The van der Waals surface area contributed by atoms with E-state index in [1.165, 1.54) is 11.8 Å². The summed E-state index contributed by atoms with van der Waals surface area (Å²) in [4.78, 5) is 14.3. The van der Waals surface area contributed by atoms with Crippen LogP contribution in [0.4, 0.5) is 0 Å². The van der Waals surface area contributed by atoms with Crippen LogP contribution >= 0.6 is 11.8 Å². The number of hydrogen-bond donors (Lipinski definition) is 1. The molecule has 9 nitrogen and oxygen atoms in total. The number of carbonyl (C=O) groups excluding carboxylic acids is 1. The molecule has 1 amide bonds. The molecule has 1 aliphatic rings. The zero-order valence-corrected chi connectivity index (χ0v) is 17.9. The summed E-state index contributed by atoms with van der Waals surface area (Å²) in [6, 6.07) is 11.8. The van der Waals surface area contributed by atoms with Crippen molar-refractivity contribution in [3.05, 3.63) is 48.3 Å². The monoisotopic (exact) mass is 446 g/mol. The fourth-order valence-electron chi connectivity index (χ4n) is 3.22. The van der Waals surface area contributed by atoms with E-state index in [2.05, 4.69) is 20.0 Å². The van der Waals surface area contributed by atoms with Crippen molar-refractivity contribution in [3.8, 4) is 0 Å². The number of aromatic nitrogens is 4. The number of fused-ring (bicyclic) bond motifs is 1. The third-order valence-electron chi connectivity index (χ3n) is 4.80. The molecule has 3 aromatic rings. The molecule has 0 atom stereocenters. The number of benzene rings is 1. The Balaban J connectivity index is 1.38. The molecule has 0 bridgehead atoms. The van der Waals surface area contributed by atoms with Gasteiger partial charge in [0.05, 0.1) is 10.6 Å². The number of amides is 1. The molecule has 1 fully saturated rings. The second-order valence-corrected chi connectivity index (χ2v) is 9.66.